The molecule has 0 fully saturated rings. The minimum Gasteiger partial charge on any atom is -0.327 e. The lowest BCUT2D eigenvalue weighted by Crippen LogP contribution is -2.32. The molecule has 0 aliphatic heterocycles. The molecule has 1 aromatic heterocycles. The maximum absolute atomic E-state index is 13.9. The summed E-state index contributed by atoms with van der Waals surface area (Å²) in [5, 5.41) is 2.57. The smallest absolute Gasteiger partial charge is 0.127 e. The zero-order valence-electron chi connectivity index (χ0n) is 11.1. The number of thiophene rings is 1. The minimum atomic E-state index is -0.255. The van der Waals surface area contributed by atoms with Gasteiger partial charge in [-0.15, -0.1) is 11.3 Å². The fraction of sp³-hybridized carbons (Fsp3) is 0.375. The second-order valence-corrected chi connectivity index (χ2v) is 6.84. The molecule has 1 heterocycles. The molecule has 1 nitrogen and oxygen atoms in total. The van der Waals surface area contributed by atoms with Crippen LogP contribution in [-0.2, 0) is 12.8 Å². The highest BCUT2D eigenvalue weighted by atomic mass is 35.5. The first kappa shape index (κ1) is 14.1. The topological polar surface area (TPSA) is 26.0 Å². The summed E-state index contributed by atoms with van der Waals surface area (Å²) in [6.07, 6.45) is 3.99. The number of aryl methyl sites for hydroxylation is 1. The summed E-state index contributed by atoms with van der Waals surface area (Å²) in [6.45, 7) is 0. The van der Waals surface area contributed by atoms with E-state index in [4.69, 9.17) is 17.3 Å². The molecular formula is C16H17ClFNS. The Morgan fingerprint density at radius 1 is 1.40 bits per heavy atom. The Morgan fingerprint density at radius 3 is 3.05 bits per heavy atom. The lowest BCUT2D eigenvalue weighted by molar-refractivity contribution is 0.457. The van der Waals surface area contributed by atoms with Gasteiger partial charge in [-0.05, 0) is 60.4 Å². The average molecular weight is 310 g/mol. The molecule has 106 valence electrons. The number of rotatable bonds is 3. The average Bonchev–Trinajstić information content (AvgIpc) is 2.90. The van der Waals surface area contributed by atoms with Crippen molar-refractivity contribution in [3.8, 4) is 0 Å². The molecule has 0 spiro atoms. The summed E-state index contributed by atoms with van der Waals surface area (Å²) in [5.41, 5.74) is 8.40. The number of nitrogens with two attached hydrogens (primary N) is 1. The molecule has 2 aromatic rings. The van der Waals surface area contributed by atoms with Crippen LogP contribution < -0.4 is 5.73 Å². The number of benzene rings is 1. The van der Waals surface area contributed by atoms with Crippen molar-refractivity contribution < 1.29 is 4.39 Å². The van der Waals surface area contributed by atoms with Crippen molar-refractivity contribution in [3.05, 3.63) is 56.5 Å². The van der Waals surface area contributed by atoms with Crippen molar-refractivity contribution in [2.45, 2.75) is 37.6 Å². The molecule has 3 rings (SSSR count). The Hall–Kier alpha value is -0.900. The maximum atomic E-state index is 13.9. The summed E-state index contributed by atoms with van der Waals surface area (Å²) in [7, 11) is 0. The third-order valence-corrected chi connectivity index (χ3v) is 5.32. The fourth-order valence-corrected chi connectivity index (χ4v) is 4.21. The molecule has 2 unspecified atom stereocenters. The SMILES string of the molecule is NC(Cc1ccc(Cl)cc1F)C1CCCc2sccc21. The summed E-state index contributed by atoms with van der Waals surface area (Å²) in [6, 6.07) is 6.97. The van der Waals surface area contributed by atoms with Crippen LogP contribution in [0, 0.1) is 5.82 Å². The summed E-state index contributed by atoms with van der Waals surface area (Å²) < 4.78 is 13.9. The van der Waals surface area contributed by atoms with Gasteiger partial charge in [-0.1, -0.05) is 17.7 Å². The van der Waals surface area contributed by atoms with Crippen LogP contribution in [0.3, 0.4) is 0 Å². The molecule has 2 atom stereocenters. The highest BCUT2D eigenvalue weighted by molar-refractivity contribution is 7.10. The standard InChI is InChI=1S/C16H17ClFNS/c17-11-5-4-10(14(18)9-11)8-15(19)12-2-1-3-16-13(12)6-7-20-16/h4-7,9,12,15H,1-3,8,19H2. The van der Waals surface area contributed by atoms with Crippen molar-refractivity contribution in [2.24, 2.45) is 5.73 Å². The summed E-state index contributed by atoms with van der Waals surface area (Å²) in [5.74, 6) is 0.0920. The third kappa shape index (κ3) is 2.76. The zero-order valence-corrected chi connectivity index (χ0v) is 12.7. The van der Waals surface area contributed by atoms with Crippen LogP contribution >= 0.6 is 22.9 Å². The van der Waals surface area contributed by atoms with Crippen LogP contribution in [-0.4, -0.2) is 6.04 Å². The van der Waals surface area contributed by atoms with Crippen molar-refractivity contribution >= 4 is 22.9 Å². The van der Waals surface area contributed by atoms with E-state index >= 15 is 0 Å². The molecule has 20 heavy (non-hydrogen) atoms. The van der Waals surface area contributed by atoms with Gasteiger partial charge in [0.15, 0.2) is 0 Å². The van der Waals surface area contributed by atoms with Gasteiger partial charge >= 0.3 is 0 Å². The van der Waals surface area contributed by atoms with Gasteiger partial charge in [-0.2, -0.15) is 0 Å². The van der Waals surface area contributed by atoms with E-state index in [0.717, 1.165) is 12.8 Å². The van der Waals surface area contributed by atoms with Crippen LogP contribution in [0.1, 0.15) is 34.8 Å². The maximum Gasteiger partial charge on any atom is 0.127 e. The Morgan fingerprint density at radius 2 is 2.25 bits per heavy atom. The number of halogens is 2. The molecule has 0 radical (unpaired) electrons. The number of hydrogen-bond donors (Lipinski definition) is 1. The summed E-state index contributed by atoms with van der Waals surface area (Å²) in [4.78, 5) is 1.45. The molecule has 0 saturated carbocycles. The van der Waals surface area contributed by atoms with Crippen LogP contribution in [0.2, 0.25) is 5.02 Å². The molecule has 1 aromatic carbocycles. The number of hydrogen-bond acceptors (Lipinski definition) is 2. The van der Waals surface area contributed by atoms with Gasteiger partial charge in [0.2, 0.25) is 0 Å². The van der Waals surface area contributed by atoms with Crippen molar-refractivity contribution in [3.63, 3.8) is 0 Å². The molecule has 1 aliphatic carbocycles. The molecular weight excluding hydrogens is 293 g/mol. The first-order valence-corrected chi connectivity index (χ1v) is 8.16. The predicted octanol–water partition coefficient (Wildman–Crippen LogP) is 4.53. The van der Waals surface area contributed by atoms with E-state index in [2.05, 4.69) is 11.4 Å². The Kier molecular flexibility index (Phi) is 4.11. The van der Waals surface area contributed by atoms with Crippen molar-refractivity contribution in [1.82, 2.24) is 0 Å². The molecule has 4 heteroatoms. The quantitative estimate of drug-likeness (QED) is 0.885. The van der Waals surface area contributed by atoms with E-state index in [1.54, 1.807) is 12.1 Å². The third-order valence-electron chi connectivity index (χ3n) is 4.09. The van der Waals surface area contributed by atoms with E-state index in [0.29, 0.717) is 22.9 Å². The predicted molar refractivity (Wildman–Crippen MR) is 83.1 cm³/mol. The lowest BCUT2D eigenvalue weighted by atomic mass is 9.81. The van der Waals surface area contributed by atoms with E-state index in [1.807, 2.05) is 11.3 Å². The van der Waals surface area contributed by atoms with Gasteiger partial charge in [0.25, 0.3) is 0 Å². The van der Waals surface area contributed by atoms with Crippen LogP contribution in [0.25, 0.3) is 0 Å². The van der Waals surface area contributed by atoms with Crippen molar-refractivity contribution in [2.75, 3.05) is 0 Å². The molecule has 2 N–H and O–H groups in total. The second kappa shape index (κ2) is 5.84. The fourth-order valence-electron chi connectivity index (χ4n) is 3.05. The largest absolute Gasteiger partial charge is 0.327 e. The van der Waals surface area contributed by atoms with Crippen molar-refractivity contribution in [1.29, 1.82) is 0 Å². The monoisotopic (exact) mass is 309 g/mol. The van der Waals surface area contributed by atoms with Gasteiger partial charge < -0.3 is 5.73 Å². The molecule has 0 amide bonds. The van der Waals surface area contributed by atoms with Gasteiger partial charge in [-0.3, -0.25) is 0 Å². The van der Waals surface area contributed by atoms with E-state index in [1.165, 1.54) is 22.9 Å². The minimum absolute atomic E-state index is 0.0423. The summed E-state index contributed by atoms with van der Waals surface area (Å²) >= 11 is 7.60. The van der Waals surface area contributed by atoms with E-state index in [9.17, 15) is 4.39 Å². The Bertz CT molecular complexity index is 610. The first-order valence-electron chi connectivity index (χ1n) is 6.91. The van der Waals surface area contributed by atoms with Crippen LogP contribution in [0.15, 0.2) is 29.6 Å². The zero-order chi connectivity index (χ0) is 14.1. The van der Waals surface area contributed by atoms with Gasteiger partial charge in [0, 0.05) is 21.9 Å². The van der Waals surface area contributed by atoms with Crippen LogP contribution in [0.4, 0.5) is 4.39 Å². The molecule has 0 bridgehead atoms. The van der Waals surface area contributed by atoms with Gasteiger partial charge in [0.1, 0.15) is 5.82 Å². The van der Waals surface area contributed by atoms with Crippen LogP contribution in [0.5, 0.6) is 0 Å². The normalized spacial score (nSPS) is 19.6. The number of fused-ring (bicyclic) bond motifs is 1. The highest BCUT2D eigenvalue weighted by Gasteiger charge is 2.27. The first-order chi connectivity index (χ1) is 9.65. The Labute approximate surface area is 127 Å². The van der Waals surface area contributed by atoms with Gasteiger partial charge in [0.05, 0.1) is 0 Å². The molecule has 0 saturated heterocycles. The second-order valence-electron chi connectivity index (χ2n) is 5.40. The highest BCUT2D eigenvalue weighted by Crippen LogP contribution is 2.37. The van der Waals surface area contributed by atoms with E-state index in [-0.39, 0.29) is 11.9 Å². The lowest BCUT2D eigenvalue weighted by Gasteiger charge is -2.28. The molecule has 1 aliphatic rings. The van der Waals surface area contributed by atoms with E-state index < -0.39 is 0 Å². The Balaban J connectivity index is 1.79. The van der Waals surface area contributed by atoms with Gasteiger partial charge in [-0.25, -0.2) is 4.39 Å².